The van der Waals surface area contributed by atoms with Gasteiger partial charge in [0.1, 0.15) is 0 Å². The zero-order valence-electron chi connectivity index (χ0n) is 20.7. The molecule has 0 atom stereocenters. The summed E-state index contributed by atoms with van der Waals surface area (Å²) in [6, 6.07) is 50.0. The van der Waals surface area contributed by atoms with E-state index >= 15 is 0 Å². The first kappa shape index (κ1) is 21.5. The normalized spacial score (nSPS) is 11.4. The Morgan fingerprint density at radius 1 is 0.459 bits per heavy atom. The summed E-state index contributed by atoms with van der Waals surface area (Å²) >= 11 is 0. The second kappa shape index (κ2) is 8.69. The fourth-order valence-electron chi connectivity index (χ4n) is 5.49. The van der Waals surface area contributed by atoms with Crippen LogP contribution in [0, 0.1) is 0 Å². The van der Waals surface area contributed by atoms with E-state index in [1.807, 2.05) is 0 Å². The van der Waals surface area contributed by atoms with E-state index in [1.165, 1.54) is 55.1 Å². The van der Waals surface area contributed by atoms with Gasteiger partial charge in [-0.15, -0.1) is 0 Å². The third-order valence-corrected chi connectivity index (χ3v) is 7.41. The zero-order chi connectivity index (χ0) is 24.8. The molecule has 0 aliphatic rings. The summed E-state index contributed by atoms with van der Waals surface area (Å²) in [4.78, 5) is 2.26. The second-order valence-electron chi connectivity index (χ2n) is 9.52. The van der Waals surface area contributed by atoms with Gasteiger partial charge >= 0.3 is 0 Å². The number of hydrogen-bond donors (Lipinski definition) is 0. The molecular formula is C35H26N2. The van der Waals surface area contributed by atoms with Crippen LogP contribution in [0.1, 0.15) is 0 Å². The maximum Gasteiger partial charge on any atom is 0.0542 e. The van der Waals surface area contributed by atoms with Crippen molar-refractivity contribution in [2.45, 2.75) is 0 Å². The maximum absolute atomic E-state index is 2.41. The highest BCUT2D eigenvalue weighted by molar-refractivity contribution is 6.11. The summed E-state index contributed by atoms with van der Waals surface area (Å²) < 4.78 is 2.41. The minimum Gasteiger partial charge on any atom is -0.345 e. The number of aromatic nitrogens is 1. The van der Waals surface area contributed by atoms with Crippen molar-refractivity contribution in [3.8, 4) is 16.8 Å². The van der Waals surface area contributed by atoms with Crippen molar-refractivity contribution in [3.05, 3.63) is 140 Å². The fraction of sp³-hybridized carbons (Fsp3) is 0.0286. The molecule has 0 radical (unpaired) electrons. The number of para-hydroxylation sites is 1. The van der Waals surface area contributed by atoms with E-state index < -0.39 is 0 Å². The van der Waals surface area contributed by atoms with E-state index in [1.54, 1.807) is 0 Å². The predicted molar refractivity (Wildman–Crippen MR) is 158 cm³/mol. The van der Waals surface area contributed by atoms with Gasteiger partial charge in [0.15, 0.2) is 0 Å². The Hall–Kier alpha value is -4.82. The molecule has 0 amide bonds. The highest BCUT2D eigenvalue weighted by Crippen LogP contribution is 2.37. The molecule has 2 nitrogen and oxygen atoms in total. The van der Waals surface area contributed by atoms with Gasteiger partial charge in [-0.2, -0.15) is 0 Å². The Labute approximate surface area is 216 Å². The molecule has 37 heavy (non-hydrogen) atoms. The Morgan fingerprint density at radius 2 is 1.08 bits per heavy atom. The van der Waals surface area contributed by atoms with E-state index in [0.717, 1.165) is 5.69 Å². The third kappa shape index (κ3) is 3.57. The Kier molecular flexibility index (Phi) is 5.04. The minimum absolute atomic E-state index is 1.16. The topological polar surface area (TPSA) is 8.17 Å². The predicted octanol–water partition coefficient (Wildman–Crippen LogP) is 9.37. The van der Waals surface area contributed by atoms with Crippen LogP contribution in [0.3, 0.4) is 0 Å². The van der Waals surface area contributed by atoms with Crippen molar-refractivity contribution in [2.75, 3.05) is 11.9 Å². The third-order valence-electron chi connectivity index (χ3n) is 7.41. The standard InChI is InChI=1S/C35H26N2/c1-36(28-20-18-26(19-21-28)25-10-3-2-4-11-25)29-22-23-35-32(24-29)31-15-7-8-16-34(31)37(35)33-17-9-13-27-12-5-6-14-30(27)33/h2-24H,1H3. The first-order valence-corrected chi connectivity index (χ1v) is 12.7. The van der Waals surface area contributed by atoms with Gasteiger partial charge in [-0.3, -0.25) is 0 Å². The van der Waals surface area contributed by atoms with Crippen LogP contribution in [-0.2, 0) is 0 Å². The molecule has 0 bridgehead atoms. The van der Waals surface area contributed by atoms with Gasteiger partial charge in [0, 0.05) is 34.6 Å². The first-order valence-electron chi connectivity index (χ1n) is 12.7. The fourth-order valence-corrected chi connectivity index (χ4v) is 5.49. The van der Waals surface area contributed by atoms with Crippen LogP contribution >= 0.6 is 0 Å². The smallest absolute Gasteiger partial charge is 0.0542 e. The summed E-state index contributed by atoms with van der Waals surface area (Å²) in [5.74, 6) is 0. The molecule has 0 spiro atoms. The van der Waals surface area contributed by atoms with E-state index in [9.17, 15) is 0 Å². The highest BCUT2D eigenvalue weighted by atomic mass is 15.1. The lowest BCUT2D eigenvalue weighted by Gasteiger charge is -2.20. The lowest BCUT2D eigenvalue weighted by molar-refractivity contribution is 1.19. The van der Waals surface area contributed by atoms with Gasteiger partial charge in [0.25, 0.3) is 0 Å². The van der Waals surface area contributed by atoms with Gasteiger partial charge < -0.3 is 9.47 Å². The van der Waals surface area contributed by atoms with E-state index in [0.29, 0.717) is 0 Å². The number of anilines is 2. The molecule has 176 valence electrons. The molecule has 1 heterocycles. The summed E-state index contributed by atoms with van der Waals surface area (Å²) in [6.07, 6.45) is 0. The molecule has 6 aromatic carbocycles. The van der Waals surface area contributed by atoms with Crippen molar-refractivity contribution in [1.82, 2.24) is 4.57 Å². The Balaban J connectivity index is 1.35. The number of fused-ring (bicyclic) bond motifs is 4. The average Bonchev–Trinajstić information content (AvgIpc) is 3.30. The van der Waals surface area contributed by atoms with E-state index in [4.69, 9.17) is 0 Å². The monoisotopic (exact) mass is 474 g/mol. The van der Waals surface area contributed by atoms with Crippen LogP contribution in [0.25, 0.3) is 49.4 Å². The van der Waals surface area contributed by atoms with Crippen LogP contribution in [0.15, 0.2) is 140 Å². The molecule has 0 fully saturated rings. The largest absolute Gasteiger partial charge is 0.345 e. The lowest BCUT2D eigenvalue weighted by Crippen LogP contribution is -2.09. The molecule has 0 saturated carbocycles. The molecule has 2 heteroatoms. The zero-order valence-corrected chi connectivity index (χ0v) is 20.7. The summed E-state index contributed by atoms with van der Waals surface area (Å²) in [7, 11) is 2.14. The Bertz CT molecular complexity index is 1870. The summed E-state index contributed by atoms with van der Waals surface area (Å²) in [5.41, 5.74) is 8.44. The summed E-state index contributed by atoms with van der Waals surface area (Å²) in [6.45, 7) is 0. The quantitative estimate of drug-likeness (QED) is 0.247. The maximum atomic E-state index is 2.41. The van der Waals surface area contributed by atoms with Crippen LogP contribution < -0.4 is 4.90 Å². The number of rotatable bonds is 4. The van der Waals surface area contributed by atoms with Crippen molar-refractivity contribution < 1.29 is 0 Å². The summed E-state index contributed by atoms with van der Waals surface area (Å²) in [5, 5.41) is 5.03. The molecule has 0 aliphatic heterocycles. The molecule has 0 aliphatic carbocycles. The van der Waals surface area contributed by atoms with Crippen LogP contribution in [-0.4, -0.2) is 11.6 Å². The molecular weight excluding hydrogens is 448 g/mol. The average molecular weight is 475 g/mol. The molecule has 1 aromatic heterocycles. The van der Waals surface area contributed by atoms with Crippen molar-refractivity contribution >= 4 is 44.0 Å². The molecule has 0 saturated heterocycles. The minimum atomic E-state index is 1.16. The van der Waals surface area contributed by atoms with Gasteiger partial charge in [0.05, 0.1) is 16.7 Å². The molecule has 0 unspecified atom stereocenters. The molecule has 7 rings (SSSR count). The Morgan fingerprint density at radius 3 is 1.92 bits per heavy atom. The SMILES string of the molecule is CN(c1ccc(-c2ccccc2)cc1)c1ccc2c(c1)c1ccccc1n2-c1cccc2ccccc12. The van der Waals surface area contributed by atoms with Crippen LogP contribution in [0.5, 0.6) is 0 Å². The van der Waals surface area contributed by atoms with Gasteiger partial charge in [-0.25, -0.2) is 0 Å². The highest BCUT2D eigenvalue weighted by Gasteiger charge is 2.15. The van der Waals surface area contributed by atoms with Crippen LogP contribution in [0.2, 0.25) is 0 Å². The van der Waals surface area contributed by atoms with Gasteiger partial charge in [-0.1, -0.05) is 97.1 Å². The van der Waals surface area contributed by atoms with Gasteiger partial charge in [0.2, 0.25) is 0 Å². The molecule has 7 aromatic rings. The first-order chi connectivity index (χ1) is 18.3. The number of benzene rings is 6. The van der Waals surface area contributed by atoms with E-state index in [-0.39, 0.29) is 0 Å². The second-order valence-corrected chi connectivity index (χ2v) is 9.52. The number of hydrogen-bond acceptors (Lipinski definition) is 1. The number of nitrogens with zero attached hydrogens (tertiary/aromatic N) is 2. The van der Waals surface area contributed by atoms with Gasteiger partial charge in [-0.05, 0) is 59.0 Å². The lowest BCUT2D eigenvalue weighted by atomic mass is 10.1. The van der Waals surface area contributed by atoms with E-state index in [2.05, 4.69) is 156 Å². The van der Waals surface area contributed by atoms with Crippen molar-refractivity contribution in [2.24, 2.45) is 0 Å². The molecule has 0 N–H and O–H groups in total. The van der Waals surface area contributed by atoms with Crippen molar-refractivity contribution in [1.29, 1.82) is 0 Å². The van der Waals surface area contributed by atoms with Crippen molar-refractivity contribution in [3.63, 3.8) is 0 Å². The van der Waals surface area contributed by atoms with Crippen LogP contribution in [0.4, 0.5) is 11.4 Å².